The molecule has 0 saturated carbocycles. The molecule has 4 atom stereocenters. The van der Waals surface area contributed by atoms with Crippen LogP contribution in [-0.2, 0) is 18.4 Å². The summed E-state index contributed by atoms with van der Waals surface area (Å²) >= 11 is 0. The summed E-state index contributed by atoms with van der Waals surface area (Å²) in [4.78, 5) is 22.9. The van der Waals surface area contributed by atoms with Crippen LogP contribution < -0.4 is 11.1 Å². The lowest BCUT2D eigenvalue weighted by Gasteiger charge is -2.25. The molecule has 0 aliphatic rings. The average Bonchev–Trinajstić information content (AvgIpc) is 3.20. The van der Waals surface area contributed by atoms with Gasteiger partial charge in [0.15, 0.2) is 0 Å². The van der Waals surface area contributed by atoms with Crippen LogP contribution in [0.4, 0.5) is 0 Å². The van der Waals surface area contributed by atoms with Crippen molar-refractivity contribution in [3.63, 3.8) is 0 Å². The van der Waals surface area contributed by atoms with Crippen LogP contribution in [0, 0.1) is 0 Å². The molecule has 0 spiro atoms. The first-order valence-corrected chi connectivity index (χ1v) is 26.7. The van der Waals surface area contributed by atoms with E-state index < -0.39 is 32.0 Å². The number of nitrogens with one attached hydrogen (secondary N) is 1. The summed E-state index contributed by atoms with van der Waals surface area (Å²) in [7, 11) is -4.37. The first-order chi connectivity index (χ1) is 28.3. The molecule has 0 aromatic carbocycles. The normalized spacial score (nSPS) is 14.4. The summed E-state index contributed by atoms with van der Waals surface area (Å²) in [5, 5.41) is 24.3. The molecule has 0 rings (SSSR count). The number of unbranched alkanes of at least 4 members (excludes halogenated alkanes) is 34. The molecule has 348 valence electrons. The predicted octanol–water partition coefficient (Wildman–Crippen LogP) is 13.5. The Kier molecular flexibility index (Phi) is 44.1. The maximum Gasteiger partial charge on any atom is 0.472 e. The standard InChI is InChI=1S/C48H99N2O7P/c1-3-5-7-9-11-13-15-17-19-21-22-24-25-27-29-31-33-35-37-39-45(51)43-48(53)50-46(44-57-58(54,55)56-42-41-49)47(52)40-38-36-34-32-30-28-26-23-20-18-16-14-12-10-8-6-4-2/h45-47,51-52H,3-44,49H2,1-2H3,(H,50,53)(H,54,55). The molecule has 9 nitrogen and oxygen atoms in total. The molecule has 10 heteroatoms. The minimum absolute atomic E-state index is 0.0629. The van der Waals surface area contributed by atoms with Crippen molar-refractivity contribution in [3.05, 3.63) is 0 Å². The van der Waals surface area contributed by atoms with Gasteiger partial charge in [0.05, 0.1) is 37.9 Å². The average molecular weight is 847 g/mol. The molecule has 6 N–H and O–H groups in total. The van der Waals surface area contributed by atoms with E-state index in [9.17, 15) is 24.5 Å². The smallest absolute Gasteiger partial charge is 0.393 e. The van der Waals surface area contributed by atoms with Crippen LogP contribution in [0.15, 0.2) is 0 Å². The van der Waals surface area contributed by atoms with Crippen LogP contribution in [0.25, 0.3) is 0 Å². The molecule has 1 amide bonds. The van der Waals surface area contributed by atoms with Gasteiger partial charge in [-0.1, -0.05) is 245 Å². The molecule has 0 heterocycles. The Balaban J connectivity index is 4.12. The van der Waals surface area contributed by atoms with Crippen LogP contribution in [0.5, 0.6) is 0 Å². The van der Waals surface area contributed by atoms with Gasteiger partial charge in [-0.05, 0) is 12.8 Å². The second kappa shape index (κ2) is 44.5. The molecular weight excluding hydrogens is 748 g/mol. The SMILES string of the molecule is CCCCCCCCCCCCCCCCCCCCCC(O)CC(=O)NC(COP(=O)(O)OCCN)C(O)CCCCCCCCCCCCCCCCCCC. The fourth-order valence-electron chi connectivity index (χ4n) is 7.95. The van der Waals surface area contributed by atoms with Crippen LogP contribution in [0.2, 0.25) is 0 Å². The van der Waals surface area contributed by atoms with Crippen molar-refractivity contribution in [1.82, 2.24) is 5.32 Å². The lowest BCUT2D eigenvalue weighted by molar-refractivity contribution is -0.125. The minimum Gasteiger partial charge on any atom is -0.393 e. The monoisotopic (exact) mass is 847 g/mol. The Morgan fingerprint density at radius 3 is 1.16 bits per heavy atom. The number of aliphatic hydroxyl groups excluding tert-OH is 2. The molecule has 0 aromatic heterocycles. The highest BCUT2D eigenvalue weighted by molar-refractivity contribution is 7.47. The van der Waals surface area contributed by atoms with E-state index in [1.54, 1.807) is 0 Å². The van der Waals surface area contributed by atoms with E-state index in [2.05, 4.69) is 19.2 Å². The van der Waals surface area contributed by atoms with Gasteiger partial charge in [0, 0.05) is 6.54 Å². The van der Waals surface area contributed by atoms with E-state index in [0.29, 0.717) is 12.8 Å². The number of rotatable bonds is 48. The Labute approximate surface area is 359 Å². The fourth-order valence-corrected chi connectivity index (χ4v) is 8.71. The highest BCUT2D eigenvalue weighted by atomic mass is 31.2. The summed E-state index contributed by atoms with van der Waals surface area (Å²) in [6.07, 6.45) is 45.8. The van der Waals surface area contributed by atoms with Crippen molar-refractivity contribution in [2.24, 2.45) is 5.73 Å². The number of nitrogens with two attached hydrogens (primary N) is 1. The Morgan fingerprint density at radius 2 is 0.828 bits per heavy atom. The van der Waals surface area contributed by atoms with Gasteiger partial charge >= 0.3 is 7.82 Å². The molecule has 58 heavy (non-hydrogen) atoms. The fraction of sp³-hybridized carbons (Fsp3) is 0.979. The Morgan fingerprint density at radius 1 is 0.517 bits per heavy atom. The second-order valence-electron chi connectivity index (χ2n) is 17.6. The minimum atomic E-state index is -4.37. The third-order valence-electron chi connectivity index (χ3n) is 11.8. The van der Waals surface area contributed by atoms with Crippen LogP contribution in [-0.4, -0.2) is 59.0 Å². The Hall–Kier alpha value is -0.540. The van der Waals surface area contributed by atoms with E-state index in [-0.39, 0.29) is 26.2 Å². The van der Waals surface area contributed by atoms with Crippen molar-refractivity contribution >= 4 is 13.7 Å². The summed E-state index contributed by atoms with van der Waals surface area (Å²) < 4.78 is 22.2. The van der Waals surface area contributed by atoms with Gasteiger partial charge in [-0.25, -0.2) is 4.57 Å². The highest BCUT2D eigenvalue weighted by Gasteiger charge is 2.28. The van der Waals surface area contributed by atoms with E-state index >= 15 is 0 Å². The largest absolute Gasteiger partial charge is 0.472 e. The molecule has 0 saturated heterocycles. The molecular formula is C48H99N2O7P. The van der Waals surface area contributed by atoms with Crippen molar-refractivity contribution in [2.75, 3.05) is 19.8 Å². The number of hydrogen-bond donors (Lipinski definition) is 5. The maximum atomic E-state index is 12.9. The van der Waals surface area contributed by atoms with Gasteiger partial charge in [-0.3, -0.25) is 13.8 Å². The van der Waals surface area contributed by atoms with E-state index in [1.165, 1.54) is 193 Å². The van der Waals surface area contributed by atoms with Crippen LogP contribution in [0.3, 0.4) is 0 Å². The molecule has 0 bridgehead atoms. The lowest BCUT2D eigenvalue weighted by Crippen LogP contribution is -2.47. The molecule has 0 aromatic rings. The number of hydrogen-bond acceptors (Lipinski definition) is 7. The van der Waals surface area contributed by atoms with Crippen molar-refractivity contribution in [1.29, 1.82) is 0 Å². The number of aliphatic hydroxyl groups is 2. The third-order valence-corrected chi connectivity index (χ3v) is 12.7. The molecule has 0 fully saturated rings. The quantitative estimate of drug-likeness (QED) is 0.0300. The van der Waals surface area contributed by atoms with Crippen LogP contribution >= 0.6 is 7.82 Å². The molecule has 0 radical (unpaired) electrons. The van der Waals surface area contributed by atoms with Gasteiger partial charge in [-0.2, -0.15) is 0 Å². The number of phosphoric ester groups is 1. The third kappa shape index (κ3) is 42.2. The Bertz CT molecular complexity index is 898. The van der Waals surface area contributed by atoms with E-state index in [0.717, 1.165) is 38.5 Å². The van der Waals surface area contributed by atoms with Crippen LogP contribution in [0.1, 0.15) is 264 Å². The molecule has 4 unspecified atom stereocenters. The number of carbonyl (C=O) groups is 1. The summed E-state index contributed by atoms with van der Waals surface area (Å²) in [5.74, 6) is -0.406. The zero-order valence-corrected chi connectivity index (χ0v) is 39.3. The second-order valence-corrected chi connectivity index (χ2v) is 19.0. The molecule has 0 aliphatic carbocycles. The predicted molar refractivity (Wildman–Crippen MR) is 246 cm³/mol. The van der Waals surface area contributed by atoms with Crippen molar-refractivity contribution in [2.45, 2.75) is 283 Å². The first-order valence-electron chi connectivity index (χ1n) is 25.2. The summed E-state index contributed by atoms with van der Waals surface area (Å²) in [5.41, 5.74) is 5.39. The van der Waals surface area contributed by atoms with Gasteiger partial charge in [0.25, 0.3) is 0 Å². The van der Waals surface area contributed by atoms with E-state index in [1.807, 2.05) is 0 Å². The topological polar surface area (TPSA) is 151 Å². The molecule has 0 aliphatic heterocycles. The van der Waals surface area contributed by atoms with Crippen molar-refractivity contribution in [3.8, 4) is 0 Å². The number of phosphoric acid groups is 1. The zero-order valence-electron chi connectivity index (χ0n) is 38.4. The van der Waals surface area contributed by atoms with Gasteiger partial charge in [0.2, 0.25) is 5.91 Å². The highest BCUT2D eigenvalue weighted by Crippen LogP contribution is 2.43. The summed E-state index contributed by atoms with van der Waals surface area (Å²) in [6, 6.07) is -0.891. The van der Waals surface area contributed by atoms with Crippen molar-refractivity contribution < 1.29 is 33.5 Å². The van der Waals surface area contributed by atoms with E-state index in [4.69, 9.17) is 14.8 Å². The maximum absolute atomic E-state index is 12.9. The number of amides is 1. The lowest BCUT2D eigenvalue weighted by atomic mass is 10.0. The zero-order chi connectivity index (χ0) is 42.6. The van der Waals surface area contributed by atoms with Gasteiger partial charge in [-0.15, -0.1) is 0 Å². The van der Waals surface area contributed by atoms with Gasteiger partial charge < -0.3 is 26.2 Å². The van der Waals surface area contributed by atoms with Gasteiger partial charge in [0.1, 0.15) is 0 Å². The summed E-state index contributed by atoms with van der Waals surface area (Å²) in [6.45, 7) is 4.09. The first kappa shape index (κ1) is 57.5. The number of carbonyl (C=O) groups excluding carboxylic acids is 1.